The van der Waals surface area contributed by atoms with E-state index in [0.717, 1.165) is 16.5 Å². The second-order valence-corrected chi connectivity index (χ2v) is 3.97. The predicted molar refractivity (Wildman–Crippen MR) is 69.4 cm³/mol. The second kappa shape index (κ2) is 6.26. The highest BCUT2D eigenvalue weighted by molar-refractivity contribution is 5.79. The Bertz CT molecular complexity index is 566. The van der Waals surface area contributed by atoms with Crippen LogP contribution in [-0.2, 0) is 25.6 Å². The lowest BCUT2D eigenvalue weighted by Crippen LogP contribution is -2.03. The van der Waals surface area contributed by atoms with Crippen molar-refractivity contribution in [2.75, 3.05) is 14.2 Å². The van der Waals surface area contributed by atoms with Gasteiger partial charge in [0, 0.05) is 25.2 Å². The summed E-state index contributed by atoms with van der Waals surface area (Å²) in [6.07, 6.45) is -0.387. The van der Waals surface area contributed by atoms with Gasteiger partial charge in [-0.05, 0) is 18.2 Å². The number of hydrogen-bond donors (Lipinski definition) is 0. The first kappa shape index (κ1) is 13.5. The van der Waals surface area contributed by atoms with E-state index < -0.39 is 0 Å². The highest BCUT2D eigenvalue weighted by Crippen LogP contribution is 2.22. The highest BCUT2D eigenvalue weighted by atomic mass is 16.7. The number of methoxy groups -OCH3 is 2. The minimum absolute atomic E-state index is 0.181. The number of rotatable bonds is 6. The first-order chi connectivity index (χ1) is 9.28. The van der Waals surface area contributed by atoms with E-state index in [1.807, 2.05) is 30.3 Å². The Hall–Kier alpha value is -1.98. The minimum atomic E-state index is -0.387. The smallest absolute Gasteiger partial charge is 0.293 e. The maximum atomic E-state index is 10.1. The quantitative estimate of drug-likeness (QED) is 0.589. The Morgan fingerprint density at radius 3 is 2.68 bits per heavy atom. The summed E-state index contributed by atoms with van der Waals surface area (Å²) in [5.41, 5.74) is 2.47. The molecule has 5 heteroatoms. The molecular weight excluding hydrogens is 246 g/mol. The van der Waals surface area contributed by atoms with Gasteiger partial charge in [-0.2, -0.15) is 0 Å². The Morgan fingerprint density at radius 2 is 2.00 bits per heavy atom. The lowest BCUT2D eigenvalue weighted by atomic mass is 10.1. The van der Waals surface area contributed by atoms with Crippen molar-refractivity contribution in [2.24, 2.45) is 0 Å². The average Bonchev–Trinajstić information content (AvgIpc) is 2.46. The molecule has 0 bridgehead atoms. The molecule has 2 rings (SSSR count). The summed E-state index contributed by atoms with van der Waals surface area (Å²) in [6, 6.07) is 9.50. The molecule has 0 radical (unpaired) electrons. The number of aromatic nitrogens is 1. The number of fused-ring (bicyclic) bond motifs is 1. The van der Waals surface area contributed by atoms with Gasteiger partial charge in [-0.25, -0.2) is 4.98 Å². The van der Waals surface area contributed by atoms with Gasteiger partial charge >= 0.3 is 0 Å². The Kier molecular flexibility index (Phi) is 4.43. The zero-order valence-corrected chi connectivity index (χ0v) is 10.8. The van der Waals surface area contributed by atoms with Crippen molar-refractivity contribution in [1.82, 2.24) is 4.98 Å². The highest BCUT2D eigenvalue weighted by Gasteiger charge is 2.09. The van der Waals surface area contributed by atoms with E-state index in [9.17, 15) is 4.79 Å². The topological polar surface area (TPSA) is 57.6 Å². The summed E-state index contributed by atoms with van der Waals surface area (Å²) in [5.74, 6) is 0. The van der Waals surface area contributed by atoms with Crippen LogP contribution in [-0.4, -0.2) is 25.7 Å². The van der Waals surface area contributed by atoms with E-state index in [-0.39, 0.29) is 12.9 Å². The van der Waals surface area contributed by atoms with Crippen LogP contribution in [0.2, 0.25) is 0 Å². The third-order valence-electron chi connectivity index (χ3n) is 2.77. The van der Waals surface area contributed by atoms with Crippen LogP contribution in [0.4, 0.5) is 0 Å². The van der Waals surface area contributed by atoms with E-state index in [1.165, 1.54) is 0 Å². The van der Waals surface area contributed by atoms with Gasteiger partial charge in [0.15, 0.2) is 6.29 Å². The molecule has 0 saturated heterocycles. The monoisotopic (exact) mass is 261 g/mol. The lowest BCUT2D eigenvalue weighted by Gasteiger charge is -2.14. The van der Waals surface area contributed by atoms with Gasteiger partial charge < -0.3 is 14.2 Å². The molecule has 0 unspecified atom stereocenters. The fraction of sp³-hybridized carbons (Fsp3) is 0.286. The molecule has 0 saturated carbocycles. The van der Waals surface area contributed by atoms with E-state index in [4.69, 9.17) is 9.47 Å². The van der Waals surface area contributed by atoms with Crippen LogP contribution >= 0.6 is 0 Å². The van der Waals surface area contributed by atoms with Crippen LogP contribution in [0.15, 0.2) is 30.3 Å². The molecule has 0 amide bonds. The summed E-state index contributed by atoms with van der Waals surface area (Å²) in [5, 5.41) is 0.978. The van der Waals surface area contributed by atoms with Crippen LogP contribution in [0.5, 0.6) is 0 Å². The molecule has 19 heavy (non-hydrogen) atoms. The fourth-order valence-electron chi connectivity index (χ4n) is 1.90. The molecule has 0 aliphatic heterocycles. The zero-order valence-electron chi connectivity index (χ0n) is 10.8. The molecule has 2 aromatic rings. The molecule has 0 aliphatic carbocycles. The van der Waals surface area contributed by atoms with Crippen molar-refractivity contribution in [3.63, 3.8) is 0 Å². The summed E-state index contributed by atoms with van der Waals surface area (Å²) in [4.78, 5) is 14.5. The molecule has 100 valence electrons. The SMILES string of the molecule is COC(OC)c1ccc2nc(COC=O)ccc2c1. The van der Waals surface area contributed by atoms with E-state index in [0.29, 0.717) is 12.2 Å². The van der Waals surface area contributed by atoms with E-state index in [1.54, 1.807) is 14.2 Å². The van der Waals surface area contributed by atoms with E-state index in [2.05, 4.69) is 9.72 Å². The van der Waals surface area contributed by atoms with Gasteiger partial charge in [-0.1, -0.05) is 12.1 Å². The number of pyridine rings is 1. The molecule has 1 heterocycles. The number of hydrogen-bond acceptors (Lipinski definition) is 5. The van der Waals surface area contributed by atoms with Gasteiger partial charge in [-0.3, -0.25) is 4.79 Å². The maximum absolute atomic E-state index is 10.1. The molecule has 5 nitrogen and oxygen atoms in total. The van der Waals surface area contributed by atoms with Crippen LogP contribution in [0, 0.1) is 0 Å². The third-order valence-corrected chi connectivity index (χ3v) is 2.77. The van der Waals surface area contributed by atoms with Crippen molar-refractivity contribution in [3.05, 3.63) is 41.6 Å². The molecule has 1 aromatic heterocycles. The Balaban J connectivity index is 2.31. The maximum Gasteiger partial charge on any atom is 0.293 e. The molecule has 0 fully saturated rings. The Labute approximate surface area is 111 Å². The summed E-state index contributed by atoms with van der Waals surface area (Å²) in [7, 11) is 3.19. The van der Waals surface area contributed by atoms with Crippen LogP contribution in [0.3, 0.4) is 0 Å². The van der Waals surface area contributed by atoms with Crippen molar-refractivity contribution in [3.8, 4) is 0 Å². The van der Waals surface area contributed by atoms with Crippen molar-refractivity contribution in [1.29, 1.82) is 0 Å². The van der Waals surface area contributed by atoms with Gasteiger partial charge in [0.1, 0.15) is 6.61 Å². The summed E-state index contributed by atoms with van der Waals surface area (Å²) < 4.78 is 15.1. The summed E-state index contributed by atoms with van der Waals surface area (Å²) in [6.45, 7) is 0.594. The first-order valence-corrected chi connectivity index (χ1v) is 5.79. The van der Waals surface area contributed by atoms with Crippen molar-refractivity contribution in [2.45, 2.75) is 12.9 Å². The normalized spacial score (nSPS) is 10.9. The average molecular weight is 261 g/mol. The molecule has 0 aliphatic rings. The third kappa shape index (κ3) is 3.07. The van der Waals surface area contributed by atoms with Gasteiger partial charge in [0.2, 0.25) is 0 Å². The molecular formula is C14H15NO4. The van der Waals surface area contributed by atoms with Gasteiger partial charge in [-0.15, -0.1) is 0 Å². The van der Waals surface area contributed by atoms with Crippen LogP contribution in [0.25, 0.3) is 10.9 Å². The molecule has 0 atom stereocenters. The fourth-order valence-corrected chi connectivity index (χ4v) is 1.90. The number of nitrogens with zero attached hydrogens (tertiary/aromatic N) is 1. The molecule has 0 N–H and O–H groups in total. The number of ether oxygens (including phenoxy) is 3. The lowest BCUT2D eigenvalue weighted by molar-refractivity contribution is -0.129. The van der Waals surface area contributed by atoms with Crippen molar-refractivity contribution < 1.29 is 19.0 Å². The standard InChI is InChI=1S/C14H15NO4/c1-17-14(18-2)11-4-6-13-10(7-11)3-5-12(15-13)8-19-9-16/h3-7,9,14H,8H2,1-2H3. The molecule has 1 aromatic carbocycles. The predicted octanol–water partition coefficient (Wildman–Crippen LogP) is 2.20. The first-order valence-electron chi connectivity index (χ1n) is 5.79. The molecule has 0 spiro atoms. The zero-order chi connectivity index (χ0) is 13.7. The summed E-state index contributed by atoms with van der Waals surface area (Å²) >= 11 is 0. The van der Waals surface area contributed by atoms with Gasteiger partial charge in [0.05, 0.1) is 11.2 Å². The number of carbonyl (C=O) groups excluding carboxylic acids is 1. The number of carbonyl (C=O) groups is 1. The van der Waals surface area contributed by atoms with Gasteiger partial charge in [0.25, 0.3) is 6.47 Å². The van der Waals surface area contributed by atoms with Crippen LogP contribution in [0.1, 0.15) is 17.5 Å². The Morgan fingerprint density at radius 1 is 1.21 bits per heavy atom. The minimum Gasteiger partial charge on any atom is -0.461 e. The largest absolute Gasteiger partial charge is 0.461 e. The van der Waals surface area contributed by atoms with Crippen LogP contribution < -0.4 is 0 Å². The van der Waals surface area contributed by atoms with E-state index >= 15 is 0 Å². The second-order valence-electron chi connectivity index (χ2n) is 3.97. The number of benzene rings is 1. The van der Waals surface area contributed by atoms with Crippen molar-refractivity contribution >= 4 is 17.4 Å².